The fourth-order valence-corrected chi connectivity index (χ4v) is 2.42. The van der Waals surface area contributed by atoms with Crippen LogP contribution in [0.5, 0.6) is 5.75 Å². The predicted octanol–water partition coefficient (Wildman–Crippen LogP) is 2.84. The zero-order valence-electron chi connectivity index (χ0n) is 11.4. The van der Waals surface area contributed by atoms with Gasteiger partial charge in [-0.1, -0.05) is 0 Å². The van der Waals surface area contributed by atoms with E-state index in [1.54, 1.807) is 30.5 Å². The van der Waals surface area contributed by atoms with E-state index >= 15 is 0 Å². The van der Waals surface area contributed by atoms with Crippen molar-refractivity contribution in [2.24, 2.45) is 0 Å². The summed E-state index contributed by atoms with van der Waals surface area (Å²) in [5.41, 5.74) is 0.996. The lowest BCUT2D eigenvalue weighted by atomic mass is 10.3. The molecule has 1 N–H and O–H groups in total. The van der Waals surface area contributed by atoms with E-state index < -0.39 is 0 Å². The second-order valence-electron chi connectivity index (χ2n) is 4.40. The smallest absolute Gasteiger partial charge is 0.268 e. The molecule has 0 fully saturated rings. The highest BCUT2D eigenvalue weighted by Crippen LogP contribution is 2.15. The minimum absolute atomic E-state index is 0.189. The zero-order valence-corrected chi connectivity index (χ0v) is 12.2. The minimum atomic E-state index is -0.189. The van der Waals surface area contributed by atoms with Crippen molar-refractivity contribution in [2.45, 2.75) is 6.92 Å². The van der Waals surface area contributed by atoms with Crippen LogP contribution in [0.15, 0.2) is 47.4 Å². The van der Waals surface area contributed by atoms with Crippen molar-refractivity contribution in [3.05, 3.63) is 57.7 Å². The van der Waals surface area contributed by atoms with Crippen LogP contribution >= 0.6 is 12.2 Å². The van der Waals surface area contributed by atoms with E-state index in [9.17, 15) is 4.79 Å². The maximum Gasteiger partial charge on any atom is 0.268 e. The normalized spacial score (nSPS) is 10.7. The number of ether oxygens (including phenoxy) is 1. The summed E-state index contributed by atoms with van der Waals surface area (Å²) in [7, 11) is 0. The molecule has 0 amide bonds. The summed E-state index contributed by atoms with van der Waals surface area (Å²) in [6.07, 6.45) is 1.62. The Morgan fingerprint density at radius 1 is 1.29 bits per heavy atom. The number of aromatic amines is 1. The molecular formula is C15H13N3O2S. The first-order valence-electron chi connectivity index (χ1n) is 6.54. The standard InChI is InChI=1S/C15H13N3O2S/c1-2-20-11-7-5-10(6-8-11)18-14(19)12-4-3-9-16-13(12)17-15(18)21/h3-9H,2H2,1H3,(H,16,17,21). The predicted molar refractivity (Wildman–Crippen MR) is 83.7 cm³/mol. The van der Waals surface area contributed by atoms with Gasteiger partial charge in [0.05, 0.1) is 17.7 Å². The number of benzene rings is 1. The van der Waals surface area contributed by atoms with Gasteiger partial charge in [0.2, 0.25) is 0 Å². The zero-order chi connectivity index (χ0) is 14.8. The summed E-state index contributed by atoms with van der Waals surface area (Å²) in [5, 5.41) is 0.500. The summed E-state index contributed by atoms with van der Waals surface area (Å²) in [5.74, 6) is 0.756. The van der Waals surface area contributed by atoms with Gasteiger partial charge in [-0.05, 0) is 55.5 Å². The quantitative estimate of drug-likeness (QED) is 0.756. The Bertz CT molecular complexity index is 897. The van der Waals surface area contributed by atoms with Gasteiger partial charge in [-0.2, -0.15) is 0 Å². The summed E-state index contributed by atoms with van der Waals surface area (Å²) in [6.45, 7) is 2.52. The molecule has 0 aliphatic heterocycles. The molecule has 0 bridgehead atoms. The van der Waals surface area contributed by atoms with Crippen LogP contribution in [0, 0.1) is 4.77 Å². The number of pyridine rings is 1. The fourth-order valence-electron chi connectivity index (χ4n) is 2.14. The Hall–Kier alpha value is -2.47. The highest BCUT2D eigenvalue weighted by Gasteiger charge is 2.08. The van der Waals surface area contributed by atoms with E-state index in [0.717, 1.165) is 5.75 Å². The van der Waals surface area contributed by atoms with Crippen LogP contribution in [0.2, 0.25) is 0 Å². The van der Waals surface area contributed by atoms with Crippen LogP contribution in [-0.2, 0) is 0 Å². The van der Waals surface area contributed by atoms with Gasteiger partial charge in [-0.3, -0.25) is 9.36 Å². The molecule has 3 rings (SSSR count). The third-order valence-electron chi connectivity index (χ3n) is 3.08. The van der Waals surface area contributed by atoms with E-state index in [0.29, 0.717) is 28.1 Å². The van der Waals surface area contributed by atoms with E-state index in [4.69, 9.17) is 17.0 Å². The van der Waals surface area contributed by atoms with Crippen LogP contribution in [0.1, 0.15) is 6.92 Å². The summed E-state index contributed by atoms with van der Waals surface area (Å²) in [6, 6.07) is 10.7. The molecule has 21 heavy (non-hydrogen) atoms. The number of hydrogen-bond donors (Lipinski definition) is 1. The monoisotopic (exact) mass is 299 g/mol. The Morgan fingerprint density at radius 3 is 2.76 bits per heavy atom. The second kappa shape index (κ2) is 5.49. The number of hydrogen-bond acceptors (Lipinski definition) is 4. The lowest BCUT2D eigenvalue weighted by Crippen LogP contribution is -2.20. The molecule has 0 aliphatic carbocycles. The molecule has 0 spiro atoms. The van der Waals surface area contributed by atoms with Crippen LogP contribution < -0.4 is 10.3 Å². The molecule has 0 saturated heterocycles. The lowest BCUT2D eigenvalue weighted by Gasteiger charge is -2.09. The Balaban J connectivity index is 2.20. The first-order valence-corrected chi connectivity index (χ1v) is 6.95. The van der Waals surface area contributed by atoms with Crippen molar-refractivity contribution >= 4 is 23.3 Å². The molecule has 6 heteroatoms. The van der Waals surface area contributed by atoms with Gasteiger partial charge < -0.3 is 9.72 Å². The summed E-state index contributed by atoms with van der Waals surface area (Å²) < 4.78 is 7.16. The van der Waals surface area contributed by atoms with Crippen LogP contribution in [0.25, 0.3) is 16.7 Å². The molecule has 3 aromatic rings. The fraction of sp³-hybridized carbons (Fsp3) is 0.133. The highest BCUT2D eigenvalue weighted by atomic mass is 32.1. The average molecular weight is 299 g/mol. The number of nitrogens with one attached hydrogen (secondary N) is 1. The summed E-state index contributed by atoms with van der Waals surface area (Å²) in [4.78, 5) is 19.7. The van der Waals surface area contributed by atoms with Gasteiger partial charge in [0.25, 0.3) is 5.56 Å². The van der Waals surface area contributed by atoms with Gasteiger partial charge in [0.1, 0.15) is 11.4 Å². The lowest BCUT2D eigenvalue weighted by molar-refractivity contribution is 0.340. The Labute approximate surface area is 125 Å². The molecule has 0 atom stereocenters. The van der Waals surface area contributed by atoms with Gasteiger partial charge in [0.15, 0.2) is 4.77 Å². The first kappa shape index (κ1) is 13.5. The molecule has 0 radical (unpaired) electrons. The van der Waals surface area contributed by atoms with Gasteiger partial charge >= 0.3 is 0 Å². The Kier molecular flexibility index (Phi) is 3.53. The molecule has 1 aromatic carbocycles. The molecule has 0 saturated carbocycles. The van der Waals surface area contributed by atoms with Crippen molar-refractivity contribution < 1.29 is 4.74 Å². The van der Waals surface area contributed by atoms with Gasteiger partial charge in [-0.15, -0.1) is 0 Å². The van der Waals surface area contributed by atoms with Crippen molar-refractivity contribution in [1.82, 2.24) is 14.5 Å². The van der Waals surface area contributed by atoms with Crippen molar-refractivity contribution in [3.8, 4) is 11.4 Å². The summed E-state index contributed by atoms with van der Waals surface area (Å²) >= 11 is 5.27. The van der Waals surface area contributed by atoms with Gasteiger partial charge in [0, 0.05) is 6.20 Å². The van der Waals surface area contributed by atoms with Crippen molar-refractivity contribution in [2.75, 3.05) is 6.61 Å². The average Bonchev–Trinajstić information content (AvgIpc) is 2.49. The number of aromatic nitrogens is 3. The molecule has 0 aliphatic rings. The topological polar surface area (TPSA) is 59.9 Å². The third kappa shape index (κ3) is 2.45. The molecule has 106 valence electrons. The molecule has 2 aromatic heterocycles. The third-order valence-corrected chi connectivity index (χ3v) is 3.36. The second-order valence-corrected chi connectivity index (χ2v) is 4.78. The molecule has 5 nitrogen and oxygen atoms in total. The molecule has 2 heterocycles. The van der Waals surface area contributed by atoms with Crippen LogP contribution in [-0.4, -0.2) is 21.1 Å². The number of rotatable bonds is 3. The van der Waals surface area contributed by atoms with E-state index in [-0.39, 0.29) is 5.56 Å². The number of fused-ring (bicyclic) bond motifs is 1. The Morgan fingerprint density at radius 2 is 2.05 bits per heavy atom. The van der Waals surface area contributed by atoms with E-state index in [1.165, 1.54) is 4.57 Å². The van der Waals surface area contributed by atoms with Crippen LogP contribution in [0.3, 0.4) is 0 Å². The SMILES string of the molecule is CCOc1ccc(-n2c(=S)[nH]c3ncccc3c2=O)cc1. The molecular weight excluding hydrogens is 286 g/mol. The van der Waals surface area contributed by atoms with Crippen LogP contribution in [0.4, 0.5) is 0 Å². The number of nitrogens with zero attached hydrogens (tertiary/aromatic N) is 2. The van der Waals surface area contributed by atoms with Crippen molar-refractivity contribution in [1.29, 1.82) is 0 Å². The highest BCUT2D eigenvalue weighted by molar-refractivity contribution is 7.71. The largest absolute Gasteiger partial charge is 0.494 e. The maximum absolute atomic E-state index is 12.6. The first-order chi connectivity index (χ1) is 10.2. The van der Waals surface area contributed by atoms with E-state index in [2.05, 4.69) is 9.97 Å². The van der Waals surface area contributed by atoms with E-state index in [1.807, 2.05) is 19.1 Å². The maximum atomic E-state index is 12.6. The van der Waals surface area contributed by atoms with Crippen molar-refractivity contribution in [3.63, 3.8) is 0 Å². The molecule has 0 unspecified atom stereocenters. The number of H-pyrrole nitrogens is 1. The minimum Gasteiger partial charge on any atom is -0.494 e. The van der Waals surface area contributed by atoms with Gasteiger partial charge in [-0.25, -0.2) is 4.98 Å².